The summed E-state index contributed by atoms with van der Waals surface area (Å²) in [6, 6.07) is 10.5. The summed E-state index contributed by atoms with van der Waals surface area (Å²) in [6.07, 6.45) is 1.04. The van der Waals surface area contributed by atoms with Gasteiger partial charge in [-0.05, 0) is 12.0 Å². The predicted octanol–water partition coefficient (Wildman–Crippen LogP) is 1.93. The van der Waals surface area contributed by atoms with Crippen molar-refractivity contribution in [3.63, 3.8) is 0 Å². The maximum atomic E-state index is 11.1. The maximum absolute atomic E-state index is 11.1. The van der Waals surface area contributed by atoms with Gasteiger partial charge in [-0.3, -0.25) is 14.8 Å². The first-order valence-electron chi connectivity index (χ1n) is 6.82. The van der Waals surface area contributed by atoms with E-state index >= 15 is 0 Å². The van der Waals surface area contributed by atoms with Crippen LogP contribution in [0.1, 0.15) is 23.7 Å². The molecule has 1 aromatic heterocycles. The number of hydrogen-bond donors (Lipinski definition) is 2. The van der Waals surface area contributed by atoms with Gasteiger partial charge in [-0.1, -0.05) is 30.3 Å². The Balaban J connectivity index is 1.60. The molecule has 5 nitrogen and oxygen atoms in total. The minimum atomic E-state index is -0.0814. The van der Waals surface area contributed by atoms with Crippen LogP contribution in [0.2, 0.25) is 0 Å². The summed E-state index contributed by atoms with van der Waals surface area (Å²) < 4.78 is 0. The van der Waals surface area contributed by atoms with E-state index in [2.05, 4.69) is 44.7 Å². The molecule has 0 bridgehead atoms. The zero-order chi connectivity index (χ0) is 13.9. The number of aromatic amines is 1. The van der Waals surface area contributed by atoms with Gasteiger partial charge in [0.05, 0.1) is 5.69 Å². The van der Waals surface area contributed by atoms with E-state index in [1.807, 2.05) is 6.07 Å². The second kappa shape index (κ2) is 5.46. The summed E-state index contributed by atoms with van der Waals surface area (Å²) in [4.78, 5) is 13.5. The first kappa shape index (κ1) is 12.9. The van der Waals surface area contributed by atoms with Crippen LogP contribution in [0.25, 0.3) is 0 Å². The van der Waals surface area contributed by atoms with Crippen molar-refractivity contribution < 1.29 is 4.79 Å². The maximum Gasteiger partial charge on any atom is 0.222 e. The number of nitrogens with one attached hydrogen (secondary N) is 2. The fourth-order valence-corrected chi connectivity index (χ4v) is 2.57. The largest absolute Gasteiger partial charge is 0.309 e. The number of nitrogens with zero attached hydrogens (tertiary/aromatic N) is 2. The number of benzene rings is 1. The van der Waals surface area contributed by atoms with Gasteiger partial charge in [0.1, 0.15) is 0 Å². The molecule has 2 N–H and O–H groups in total. The molecular formula is C15H18N4O. The van der Waals surface area contributed by atoms with Crippen LogP contribution in [0.4, 0.5) is 5.82 Å². The minimum absolute atomic E-state index is 0.0814. The van der Waals surface area contributed by atoms with Gasteiger partial charge >= 0.3 is 0 Å². The lowest BCUT2D eigenvalue weighted by molar-refractivity contribution is -0.114. The van der Waals surface area contributed by atoms with Crippen LogP contribution in [0, 0.1) is 0 Å². The van der Waals surface area contributed by atoms with Gasteiger partial charge in [0.25, 0.3) is 0 Å². The zero-order valence-corrected chi connectivity index (χ0v) is 11.5. The monoisotopic (exact) mass is 270 g/mol. The molecule has 0 unspecified atom stereocenters. The Bertz CT molecular complexity index is 606. The molecule has 1 aromatic carbocycles. The number of H-pyrrole nitrogens is 1. The van der Waals surface area contributed by atoms with Crippen molar-refractivity contribution in [1.82, 2.24) is 15.1 Å². The molecule has 0 saturated carbocycles. The molecule has 1 aliphatic heterocycles. The number of aromatic nitrogens is 2. The predicted molar refractivity (Wildman–Crippen MR) is 77.2 cm³/mol. The highest BCUT2D eigenvalue weighted by Gasteiger charge is 2.24. The van der Waals surface area contributed by atoms with Crippen molar-refractivity contribution in [2.75, 3.05) is 11.9 Å². The molecule has 5 heteroatoms. The van der Waals surface area contributed by atoms with Crippen molar-refractivity contribution in [2.45, 2.75) is 26.4 Å². The van der Waals surface area contributed by atoms with E-state index < -0.39 is 0 Å². The van der Waals surface area contributed by atoms with Crippen LogP contribution in [0.3, 0.4) is 0 Å². The van der Waals surface area contributed by atoms with E-state index in [-0.39, 0.29) is 5.91 Å². The lowest BCUT2D eigenvalue weighted by Gasteiger charge is -2.15. The van der Waals surface area contributed by atoms with Gasteiger partial charge in [0.15, 0.2) is 5.82 Å². The van der Waals surface area contributed by atoms with Gasteiger partial charge in [0.2, 0.25) is 5.91 Å². The third kappa shape index (κ3) is 2.72. The number of fused-ring (bicyclic) bond motifs is 1. The first-order chi connectivity index (χ1) is 9.72. The van der Waals surface area contributed by atoms with Crippen LogP contribution < -0.4 is 5.32 Å². The quantitative estimate of drug-likeness (QED) is 0.892. The van der Waals surface area contributed by atoms with Gasteiger partial charge in [-0.2, -0.15) is 5.10 Å². The van der Waals surface area contributed by atoms with Gasteiger partial charge in [-0.15, -0.1) is 0 Å². The van der Waals surface area contributed by atoms with Crippen LogP contribution in [0.5, 0.6) is 0 Å². The molecule has 0 saturated heterocycles. The van der Waals surface area contributed by atoms with Gasteiger partial charge in [-0.25, -0.2) is 0 Å². The van der Waals surface area contributed by atoms with Crippen LogP contribution >= 0.6 is 0 Å². The second-order valence-corrected chi connectivity index (χ2v) is 5.16. The average molecular weight is 270 g/mol. The van der Waals surface area contributed by atoms with E-state index in [0.29, 0.717) is 5.82 Å². The number of amides is 1. The number of carbonyl (C=O) groups excluding carboxylic acids is 1. The smallest absolute Gasteiger partial charge is 0.222 e. The summed E-state index contributed by atoms with van der Waals surface area (Å²) in [5.41, 5.74) is 3.58. The minimum Gasteiger partial charge on any atom is -0.309 e. The van der Waals surface area contributed by atoms with Crippen LogP contribution in [-0.2, 0) is 24.3 Å². The van der Waals surface area contributed by atoms with E-state index in [9.17, 15) is 4.79 Å². The topological polar surface area (TPSA) is 61.0 Å². The van der Waals surface area contributed by atoms with Crippen molar-refractivity contribution in [3.05, 3.63) is 47.2 Å². The highest BCUT2D eigenvalue weighted by molar-refractivity contribution is 5.88. The zero-order valence-electron chi connectivity index (χ0n) is 11.5. The van der Waals surface area contributed by atoms with E-state index in [1.54, 1.807) is 0 Å². The molecule has 104 valence electrons. The Hall–Kier alpha value is -2.14. The standard InChI is InChI=1S/C15H18N4O/c1-11(20)16-15-13-9-19(10-14(13)17-18-15)8-7-12-5-3-2-4-6-12/h2-6H,7-10H2,1H3,(H2,16,17,18,20). The Kier molecular flexibility index (Phi) is 3.52. The Morgan fingerprint density at radius 2 is 2.15 bits per heavy atom. The van der Waals surface area contributed by atoms with Gasteiger partial charge in [0, 0.05) is 32.1 Å². The molecule has 0 aliphatic carbocycles. The van der Waals surface area contributed by atoms with Crippen molar-refractivity contribution in [1.29, 1.82) is 0 Å². The molecule has 3 rings (SSSR count). The summed E-state index contributed by atoms with van der Waals surface area (Å²) in [6.45, 7) is 4.22. The molecule has 0 radical (unpaired) electrons. The van der Waals surface area contributed by atoms with E-state index in [1.165, 1.54) is 12.5 Å². The van der Waals surface area contributed by atoms with Crippen LogP contribution in [-0.4, -0.2) is 27.5 Å². The Morgan fingerprint density at radius 3 is 2.90 bits per heavy atom. The lowest BCUT2D eigenvalue weighted by atomic mass is 10.1. The third-order valence-electron chi connectivity index (χ3n) is 3.57. The number of hydrogen-bond acceptors (Lipinski definition) is 3. The molecule has 0 spiro atoms. The van der Waals surface area contributed by atoms with E-state index in [4.69, 9.17) is 0 Å². The molecule has 2 heterocycles. The first-order valence-corrected chi connectivity index (χ1v) is 6.82. The second-order valence-electron chi connectivity index (χ2n) is 5.16. The molecule has 0 fully saturated rings. The summed E-state index contributed by atoms with van der Waals surface area (Å²) in [5.74, 6) is 0.594. The highest BCUT2D eigenvalue weighted by atomic mass is 16.1. The summed E-state index contributed by atoms with van der Waals surface area (Å²) in [7, 11) is 0. The Morgan fingerprint density at radius 1 is 1.35 bits per heavy atom. The molecule has 20 heavy (non-hydrogen) atoms. The fourth-order valence-electron chi connectivity index (χ4n) is 2.57. The highest BCUT2D eigenvalue weighted by Crippen LogP contribution is 2.26. The molecule has 0 atom stereocenters. The normalized spacial score (nSPS) is 14.2. The van der Waals surface area contributed by atoms with Crippen molar-refractivity contribution in [3.8, 4) is 0 Å². The lowest BCUT2D eigenvalue weighted by Crippen LogP contribution is -2.20. The molecular weight excluding hydrogens is 252 g/mol. The van der Waals surface area contributed by atoms with Crippen LogP contribution in [0.15, 0.2) is 30.3 Å². The SMILES string of the molecule is CC(=O)Nc1n[nH]c2c1CN(CCc1ccccc1)C2. The van der Waals surface area contributed by atoms with Gasteiger partial charge < -0.3 is 5.32 Å². The number of rotatable bonds is 4. The number of anilines is 1. The molecule has 1 amide bonds. The fraction of sp³-hybridized carbons (Fsp3) is 0.333. The van der Waals surface area contributed by atoms with E-state index in [0.717, 1.165) is 37.3 Å². The van der Waals surface area contributed by atoms with Crippen molar-refractivity contribution >= 4 is 11.7 Å². The molecule has 1 aliphatic rings. The summed E-state index contributed by atoms with van der Waals surface area (Å²) >= 11 is 0. The number of carbonyl (C=O) groups is 1. The third-order valence-corrected chi connectivity index (χ3v) is 3.57. The molecule has 2 aromatic rings. The summed E-state index contributed by atoms with van der Waals surface area (Å²) in [5, 5.41) is 9.93. The average Bonchev–Trinajstić information content (AvgIpc) is 2.99. The Labute approximate surface area is 118 Å². The van der Waals surface area contributed by atoms with Crippen molar-refractivity contribution in [2.24, 2.45) is 0 Å².